The van der Waals surface area contributed by atoms with E-state index in [9.17, 15) is 4.79 Å². The van der Waals surface area contributed by atoms with Crippen LogP contribution in [0.4, 0.5) is 0 Å². The molecule has 0 fully saturated rings. The summed E-state index contributed by atoms with van der Waals surface area (Å²) in [7, 11) is 1.62. The molecule has 0 aliphatic carbocycles. The second-order valence-electron chi connectivity index (χ2n) is 5.44. The van der Waals surface area contributed by atoms with E-state index in [4.69, 9.17) is 10.5 Å². The molecule has 0 saturated carbocycles. The Morgan fingerprint density at radius 2 is 1.96 bits per heavy atom. The summed E-state index contributed by atoms with van der Waals surface area (Å²) in [6.45, 7) is 1.92. The molecule has 0 saturated heterocycles. The third-order valence-electron chi connectivity index (χ3n) is 3.64. The SMILES string of the molecule is COc1ccc(-c2cn(-c3cccc(C)n3)nc2CC(N)=O)cc1. The number of ether oxygens (including phenoxy) is 1. The van der Waals surface area contributed by atoms with E-state index in [1.807, 2.05) is 55.6 Å². The lowest BCUT2D eigenvalue weighted by atomic mass is 10.0. The summed E-state index contributed by atoms with van der Waals surface area (Å²) in [5.74, 6) is 1.04. The minimum atomic E-state index is -0.424. The summed E-state index contributed by atoms with van der Waals surface area (Å²) in [6, 6.07) is 13.3. The van der Waals surface area contributed by atoms with Crippen molar-refractivity contribution in [1.29, 1.82) is 0 Å². The summed E-state index contributed by atoms with van der Waals surface area (Å²) in [6.07, 6.45) is 1.93. The average molecular weight is 322 g/mol. The van der Waals surface area contributed by atoms with E-state index in [-0.39, 0.29) is 6.42 Å². The molecule has 0 spiro atoms. The first-order chi connectivity index (χ1) is 11.6. The number of methoxy groups -OCH3 is 1. The van der Waals surface area contributed by atoms with Crippen LogP contribution < -0.4 is 10.5 Å². The number of primary amides is 1. The Hall–Kier alpha value is -3.15. The number of nitrogens with two attached hydrogens (primary N) is 1. The van der Waals surface area contributed by atoms with Gasteiger partial charge in [-0.15, -0.1) is 0 Å². The maximum atomic E-state index is 11.4. The molecule has 1 amide bonds. The third-order valence-corrected chi connectivity index (χ3v) is 3.64. The van der Waals surface area contributed by atoms with Crippen LogP contribution in [-0.4, -0.2) is 27.8 Å². The highest BCUT2D eigenvalue weighted by atomic mass is 16.5. The van der Waals surface area contributed by atoms with E-state index in [1.54, 1.807) is 11.8 Å². The fraction of sp³-hybridized carbons (Fsp3) is 0.167. The maximum Gasteiger partial charge on any atom is 0.223 e. The first-order valence-corrected chi connectivity index (χ1v) is 7.52. The summed E-state index contributed by atoms with van der Waals surface area (Å²) in [5, 5.41) is 4.50. The van der Waals surface area contributed by atoms with Crippen LogP contribution in [0.3, 0.4) is 0 Å². The predicted molar refractivity (Wildman–Crippen MR) is 91.0 cm³/mol. The topological polar surface area (TPSA) is 83.0 Å². The minimum Gasteiger partial charge on any atom is -0.497 e. The Kier molecular flexibility index (Phi) is 4.29. The molecule has 0 radical (unpaired) electrons. The van der Waals surface area contributed by atoms with Crippen LogP contribution in [0.25, 0.3) is 16.9 Å². The lowest BCUT2D eigenvalue weighted by molar-refractivity contribution is -0.117. The number of carbonyl (C=O) groups excluding carboxylic acids is 1. The van der Waals surface area contributed by atoms with Crippen molar-refractivity contribution in [3.8, 4) is 22.7 Å². The number of nitrogens with zero attached hydrogens (tertiary/aromatic N) is 3. The van der Waals surface area contributed by atoms with Crippen molar-refractivity contribution in [2.75, 3.05) is 7.11 Å². The van der Waals surface area contributed by atoms with Crippen LogP contribution >= 0.6 is 0 Å². The third kappa shape index (κ3) is 3.27. The van der Waals surface area contributed by atoms with Gasteiger partial charge in [0.15, 0.2) is 5.82 Å². The largest absolute Gasteiger partial charge is 0.497 e. The Labute approximate surface area is 139 Å². The van der Waals surface area contributed by atoms with Gasteiger partial charge in [-0.3, -0.25) is 4.79 Å². The molecule has 0 aliphatic rings. The van der Waals surface area contributed by atoms with Gasteiger partial charge in [0.05, 0.1) is 19.2 Å². The number of carbonyl (C=O) groups is 1. The number of rotatable bonds is 5. The van der Waals surface area contributed by atoms with Gasteiger partial charge in [-0.1, -0.05) is 18.2 Å². The summed E-state index contributed by atoms with van der Waals surface area (Å²) < 4.78 is 6.85. The van der Waals surface area contributed by atoms with Crippen molar-refractivity contribution in [3.63, 3.8) is 0 Å². The zero-order valence-electron chi connectivity index (χ0n) is 13.6. The molecule has 3 rings (SSSR count). The molecule has 2 aromatic heterocycles. The van der Waals surface area contributed by atoms with E-state index < -0.39 is 5.91 Å². The molecular formula is C18H18N4O2. The zero-order chi connectivity index (χ0) is 17.1. The molecule has 122 valence electrons. The molecule has 6 heteroatoms. The lowest BCUT2D eigenvalue weighted by Crippen LogP contribution is -2.14. The highest BCUT2D eigenvalue weighted by Crippen LogP contribution is 2.26. The number of benzene rings is 1. The quantitative estimate of drug-likeness (QED) is 0.781. The van der Waals surface area contributed by atoms with Crippen molar-refractivity contribution in [2.45, 2.75) is 13.3 Å². The van der Waals surface area contributed by atoms with Crippen LogP contribution in [0.2, 0.25) is 0 Å². The van der Waals surface area contributed by atoms with Crippen molar-refractivity contribution in [1.82, 2.24) is 14.8 Å². The smallest absolute Gasteiger partial charge is 0.223 e. The second kappa shape index (κ2) is 6.54. The highest BCUT2D eigenvalue weighted by Gasteiger charge is 2.15. The molecule has 3 aromatic rings. The Balaban J connectivity index is 2.07. The monoisotopic (exact) mass is 322 g/mol. The lowest BCUT2D eigenvalue weighted by Gasteiger charge is -2.03. The van der Waals surface area contributed by atoms with E-state index in [1.165, 1.54) is 0 Å². The van der Waals surface area contributed by atoms with Crippen LogP contribution in [0.5, 0.6) is 5.75 Å². The summed E-state index contributed by atoms with van der Waals surface area (Å²) >= 11 is 0. The van der Waals surface area contributed by atoms with Crippen molar-refractivity contribution < 1.29 is 9.53 Å². The fourth-order valence-corrected chi connectivity index (χ4v) is 2.49. The molecule has 0 aliphatic heterocycles. The standard InChI is InChI=1S/C18H18N4O2/c1-12-4-3-5-18(20-12)22-11-15(16(21-22)10-17(19)23)13-6-8-14(24-2)9-7-13/h3-9,11H,10H2,1-2H3,(H2,19,23). The zero-order valence-corrected chi connectivity index (χ0v) is 13.6. The molecule has 0 atom stereocenters. The Morgan fingerprint density at radius 1 is 1.21 bits per heavy atom. The Bertz CT molecular complexity index is 869. The van der Waals surface area contributed by atoms with Gasteiger partial charge in [-0.25, -0.2) is 9.67 Å². The van der Waals surface area contributed by atoms with Crippen molar-refractivity contribution in [3.05, 3.63) is 60.0 Å². The Morgan fingerprint density at radius 3 is 2.58 bits per heavy atom. The number of hydrogen-bond acceptors (Lipinski definition) is 4. The van der Waals surface area contributed by atoms with Crippen LogP contribution in [0, 0.1) is 6.92 Å². The number of aromatic nitrogens is 3. The highest BCUT2D eigenvalue weighted by molar-refractivity contribution is 5.79. The normalized spacial score (nSPS) is 10.6. The van der Waals surface area contributed by atoms with Crippen molar-refractivity contribution in [2.24, 2.45) is 5.73 Å². The van der Waals surface area contributed by atoms with Gasteiger partial charge in [-0.05, 0) is 36.8 Å². The molecule has 2 N–H and O–H groups in total. The number of pyridine rings is 1. The van der Waals surface area contributed by atoms with Crippen LogP contribution in [0.15, 0.2) is 48.7 Å². The molecule has 24 heavy (non-hydrogen) atoms. The predicted octanol–water partition coefficient (Wildman–Crippen LogP) is 2.28. The van der Waals surface area contributed by atoms with Gasteiger partial charge in [0.2, 0.25) is 5.91 Å². The van der Waals surface area contributed by atoms with Gasteiger partial charge in [0.25, 0.3) is 0 Å². The second-order valence-corrected chi connectivity index (χ2v) is 5.44. The van der Waals surface area contributed by atoms with E-state index in [2.05, 4.69) is 10.1 Å². The van der Waals surface area contributed by atoms with Gasteiger partial charge in [-0.2, -0.15) is 5.10 Å². The molecule has 1 aromatic carbocycles. The van der Waals surface area contributed by atoms with Crippen molar-refractivity contribution >= 4 is 5.91 Å². The first kappa shape index (κ1) is 15.7. The van der Waals surface area contributed by atoms with Gasteiger partial charge >= 0.3 is 0 Å². The molecule has 2 heterocycles. The molecule has 6 nitrogen and oxygen atoms in total. The van der Waals surface area contributed by atoms with Crippen LogP contribution in [0.1, 0.15) is 11.4 Å². The minimum absolute atomic E-state index is 0.0696. The first-order valence-electron chi connectivity index (χ1n) is 7.52. The average Bonchev–Trinajstić information content (AvgIpc) is 2.98. The van der Waals surface area contributed by atoms with Gasteiger partial charge in [0.1, 0.15) is 5.75 Å². The summed E-state index contributed by atoms with van der Waals surface area (Å²) in [5.41, 5.74) is 8.66. The molecular weight excluding hydrogens is 304 g/mol. The number of aryl methyl sites for hydroxylation is 1. The van der Waals surface area contributed by atoms with E-state index in [0.717, 1.165) is 22.6 Å². The van der Waals surface area contributed by atoms with Gasteiger partial charge < -0.3 is 10.5 Å². The maximum absolute atomic E-state index is 11.4. The molecule has 0 bridgehead atoms. The van der Waals surface area contributed by atoms with Gasteiger partial charge in [0, 0.05) is 17.5 Å². The molecule has 0 unspecified atom stereocenters. The van der Waals surface area contributed by atoms with E-state index >= 15 is 0 Å². The van der Waals surface area contributed by atoms with Crippen LogP contribution in [-0.2, 0) is 11.2 Å². The number of hydrogen-bond donors (Lipinski definition) is 1. The number of amides is 1. The fourth-order valence-electron chi connectivity index (χ4n) is 2.49. The van der Waals surface area contributed by atoms with E-state index in [0.29, 0.717) is 11.5 Å². The summed E-state index contributed by atoms with van der Waals surface area (Å²) in [4.78, 5) is 15.9.